The second-order valence-electron chi connectivity index (χ2n) is 7.49. The molecule has 1 aliphatic carbocycles. The molecule has 0 saturated carbocycles. The van der Waals surface area contributed by atoms with E-state index in [0.29, 0.717) is 18.8 Å². The second-order valence-corrected chi connectivity index (χ2v) is 7.49. The Morgan fingerprint density at radius 3 is 2.37 bits per heavy atom. The highest BCUT2D eigenvalue weighted by atomic mass is 35.5. The predicted molar refractivity (Wildman–Crippen MR) is 117 cm³/mol. The van der Waals surface area contributed by atoms with Gasteiger partial charge in [0.05, 0.1) is 11.1 Å². The molecule has 1 unspecified atom stereocenters. The van der Waals surface area contributed by atoms with E-state index in [9.17, 15) is 13.2 Å². The molecule has 2 aromatic rings. The highest BCUT2D eigenvalue weighted by Gasteiger charge is 2.38. The molecule has 1 saturated heterocycles. The lowest BCUT2D eigenvalue weighted by molar-refractivity contribution is -0.136. The minimum Gasteiger partial charge on any atom is -0.398 e. The Morgan fingerprint density at radius 1 is 1.00 bits per heavy atom. The van der Waals surface area contributed by atoms with Gasteiger partial charge in [-0.25, -0.2) is 9.97 Å². The third-order valence-electron chi connectivity index (χ3n) is 5.45. The number of aromatic nitrogens is 2. The van der Waals surface area contributed by atoms with Crippen molar-refractivity contribution in [2.75, 3.05) is 29.5 Å². The molecule has 2 aliphatic rings. The smallest absolute Gasteiger partial charge is 0.398 e. The van der Waals surface area contributed by atoms with Gasteiger partial charge in [-0.2, -0.15) is 13.2 Å². The van der Waals surface area contributed by atoms with E-state index in [1.165, 1.54) is 12.1 Å². The second kappa shape index (κ2) is 9.03. The average molecular weight is 465 g/mol. The number of nitrogens with zero attached hydrogens (tertiary/aromatic N) is 3. The zero-order valence-electron chi connectivity index (χ0n) is 16.2. The van der Waals surface area contributed by atoms with Crippen molar-refractivity contribution in [2.45, 2.75) is 44.3 Å². The third kappa shape index (κ3) is 4.38. The molecule has 0 radical (unpaired) electrons. The zero-order valence-corrected chi connectivity index (χ0v) is 17.8. The molecule has 1 fully saturated rings. The molecule has 4 rings (SSSR count). The summed E-state index contributed by atoms with van der Waals surface area (Å²) in [4.78, 5) is 11.1. The summed E-state index contributed by atoms with van der Waals surface area (Å²) in [6, 6.07) is 2.56. The summed E-state index contributed by atoms with van der Waals surface area (Å²) in [7, 11) is 0. The molecule has 1 aromatic carbocycles. The number of nitrogens with two attached hydrogens (primary N) is 3. The van der Waals surface area contributed by atoms with Crippen LogP contribution in [-0.4, -0.2) is 29.1 Å². The molecule has 11 heteroatoms. The van der Waals surface area contributed by atoms with Crippen molar-refractivity contribution >= 4 is 42.0 Å². The van der Waals surface area contributed by atoms with Crippen molar-refractivity contribution in [2.24, 2.45) is 5.73 Å². The zero-order chi connectivity index (χ0) is 20.1. The van der Waals surface area contributed by atoms with Crippen molar-refractivity contribution < 1.29 is 13.2 Å². The Hall–Kier alpha value is -1.97. The molecule has 0 spiro atoms. The van der Waals surface area contributed by atoms with Gasteiger partial charge in [-0.1, -0.05) is 0 Å². The first kappa shape index (κ1) is 24.3. The van der Waals surface area contributed by atoms with Crippen LogP contribution < -0.4 is 22.1 Å². The van der Waals surface area contributed by atoms with E-state index in [2.05, 4.69) is 14.9 Å². The van der Waals surface area contributed by atoms with Crippen LogP contribution in [0.1, 0.15) is 36.1 Å². The highest BCUT2D eigenvalue weighted by molar-refractivity contribution is 5.85. The quantitative estimate of drug-likeness (QED) is 0.586. The maximum Gasteiger partial charge on any atom is 0.419 e. The van der Waals surface area contributed by atoms with E-state index >= 15 is 0 Å². The number of anilines is 3. The van der Waals surface area contributed by atoms with Gasteiger partial charge in [0.25, 0.3) is 0 Å². The lowest BCUT2D eigenvalue weighted by Gasteiger charge is -2.33. The summed E-state index contributed by atoms with van der Waals surface area (Å²) in [5.41, 5.74) is 17.9. The summed E-state index contributed by atoms with van der Waals surface area (Å²) >= 11 is 0. The Kier molecular flexibility index (Phi) is 7.32. The molecule has 1 atom stereocenters. The van der Waals surface area contributed by atoms with Gasteiger partial charge in [0.15, 0.2) is 5.82 Å². The van der Waals surface area contributed by atoms with Crippen molar-refractivity contribution in [1.29, 1.82) is 0 Å². The number of alkyl halides is 3. The predicted octanol–water partition coefficient (Wildman–Crippen LogP) is 3.59. The fourth-order valence-corrected chi connectivity index (χ4v) is 4.17. The summed E-state index contributed by atoms with van der Waals surface area (Å²) in [6.07, 6.45) is -0.388. The van der Waals surface area contributed by atoms with Gasteiger partial charge in [0, 0.05) is 41.8 Å². The van der Waals surface area contributed by atoms with E-state index < -0.39 is 11.7 Å². The largest absolute Gasteiger partial charge is 0.419 e. The molecule has 30 heavy (non-hydrogen) atoms. The normalized spacial score (nSPS) is 18.4. The van der Waals surface area contributed by atoms with Gasteiger partial charge in [-0.05, 0) is 44.2 Å². The number of hydrogen-bond acceptors (Lipinski definition) is 6. The summed E-state index contributed by atoms with van der Waals surface area (Å²) in [6.45, 7) is 1.40. The number of piperidine rings is 1. The first-order valence-electron chi connectivity index (χ1n) is 9.41. The first-order chi connectivity index (χ1) is 13.3. The fourth-order valence-electron chi connectivity index (χ4n) is 4.17. The molecule has 1 aliphatic heterocycles. The van der Waals surface area contributed by atoms with Gasteiger partial charge >= 0.3 is 6.18 Å². The molecular weight excluding hydrogens is 440 g/mol. The number of fused-ring (bicyclic) bond motifs is 1. The molecule has 6 N–H and O–H groups in total. The highest BCUT2D eigenvalue weighted by Crippen LogP contribution is 2.44. The van der Waals surface area contributed by atoms with Gasteiger partial charge < -0.3 is 22.1 Å². The molecule has 1 aromatic heterocycles. The monoisotopic (exact) mass is 464 g/mol. The van der Waals surface area contributed by atoms with Crippen LogP contribution >= 0.6 is 24.8 Å². The number of nitrogen functional groups attached to an aromatic ring is 2. The molecule has 6 nitrogen and oxygen atoms in total. The lowest BCUT2D eigenvalue weighted by atomic mass is 10.0. The molecule has 0 bridgehead atoms. The van der Waals surface area contributed by atoms with Crippen LogP contribution in [0.3, 0.4) is 0 Å². The van der Waals surface area contributed by atoms with Crippen LogP contribution in [0, 0.1) is 0 Å². The van der Waals surface area contributed by atoms with E-state index in [-0.39, 0.29) is 53.6 Å². The van der Waals surface area contributed by atoms with Crippen LogP contribution in [0.25, 0.3) is 11.4 Å². The van der Waals surface area contributed by atoms with Crippen LogP contribution in [0.2, 0.25) is 0 Å². The first-order valence-corrected chi connectivity index (χ1v) is 9.41. The van der Waals surface area contributed by atoms with E-state index in [1.807, 2.05) is 0 Å². The van der Waals surface area contributed by atoms with Gasteiger partial charge in [0.1, 0.15) is 5.82 Å². The van der Waals surface area contributed by atoms with E-state index in [1.54, 1.807) is 0 Å². The van der Waals surface area contributed by atoms with Crippen molar-refractivity contribution in [3.63, 3.8) is 0 Å². The van der Waals surface area contributed by atoms with E-state index in [0.717, 1.165) is 43.5 Å². The average Bonchev–Trinajstić information content (AvgIpc) is 3.10. The number of rotatable bonds is 2. The summed E-state index contributed by atoms with van der Waals surface area (Å²) in [5, 5.41) is 0. The van der Waals surface area contributed by atoms with Gasteiger partial charge in [-0.15, -0.1) is 24.8 Å². The Labute approximate surface area is 185 Å². The Morgan fingerprint density at radius 2 is 1.70 bits per heavy atom. The fraction of sp³-hybridized carbons (Fsp3) is 0.474. The molecular formula is C19H25Cl2F3N6. The Balaban J connectivity index is 0.00000160. The number of hydrogen-bond donors (Lipinski definition) is 3. The van der Waals surface area contributed by atoms with E-state index in [4.69, 9.17) is 17.2 Å². The summed E-state index contributed by atoms with van der Waals surface area (Å²) < 4.78 is 41.2. The lowest BCUT2D eigenvalue weighted by Crippen LogP contribution is -2.43. The number of benzene rings is 1. The molecule has 2 heterocycles. The van der Waals surface area contributed by atoms with Crippen LogP contribution in [0.15, 0.2) is 12.1 Å². The molecule has 0 amide bonds. The van der Waals surface area contributed by atoms with Gasteiger partial charge in [-0.3, -0.25) is 0 Å². The molecule has 166 valence electrons. The van der Waals surface area contributed by atoms with Crippen molar-refractivity contribution in [3.05, 3.63) is 29.0 Å². The third-order valence-corrected chi connectivity index (χ3v) is 5.45. The SMILES string of the molecule is Cl.Cl.Nc1ccc(N)c(C(F)(F)F)c1-c1nc2c(c(N3CCCC(N)C3)n1)CCC2. The minimum atomic E-state index is -4.66. The van der Waals surface area contributed by atoms with Crippen LogP contribution in [0.4, 0.5) is 30.4 Å². The van der Waals surface area contributed by atoms with Gasteiger partial charge in [0.2, 0.25) is 0 Å². The number of halogens is 5. The van der Waals surface area contributed by atoms with Crippen molar-refractivity contribution in [3.8, 4) is 11.4 Å². The standard InChI is InChI=1S/C19H23F3N6.2ClH/c20-19(21,22)16-13(25)7-6-12(24)15(16)17-26-14-5-1-4-11(14)18(27-17)28-8-2-3-10(23)9-28;;/h6-7,10H,1-5,8-9,23-25H2;2*1H. The maximum atomic E-state index is 13.7. The van der Waals surface area contributed by atoms with Crippen molar-refractivity contribution in [1.82, 2.24) is 9.97 Å². The topological polar surface area (TPSA) is 107 Å². The summed E-state index contributed by atoms with van der Waals surface area (Å²) in [5.74, 6) is 0.662. The Bertz CT molecular complexity index is 922. The maximum absolute atomic E-state index is 13.7. The minimum absolute atomic E-state index is 0. The number of aryl methyl sites for hydroxylation is 1. The van der Waals surface area contributed by atoms with Crippen LogP contribution in [0.5, 0.6) is 0 Å². The van der Waals surface area contributed by atoms with Crippen LogP contribution in [-0.2, 0) is 19.0 Å².